The molecule has 1 aromatic heterocycles. The van der Waals surface area contributed by atoms with Crippen LogP contribution < -0.4 is 0 Å². The lowest BCUT2D eigenvalue weighted by atomic mass is 10.9. The van der Waals surface area contributed by atoms with Crippen LogP contribution in [-0.2, 0) is 0 Å². The van der Waals surface area contributed by atoms with E-state index in [2.05, 4.69) is 26.2 Å². The monoisotopic (exact) mass is 191 g/mol. The number of aromatic nitrogens is 3. The third kappa shape index (κ3) is 1.07. The molecule has 5 nitrogen and oxygen atoms in total. The molecule has 9 heavy (non-hydrogen) atoms. The third-order valence-electron chi connectivity index (χ3n) is 0.689. The first kappa shape index (κ1) is 6.21. The zero-order chi connectivity index (χ0) is 6.85. The molecule has 0 aromatic carbocycles. The molecule has 0 saturated heterocycles. The summed E-state index contributed by atoms with van der Waals surface area (Å²) >= 11 is 2.92. The van der Waals surface area contributed by atoms with Crippen molar-refractivity contribution in [1.82, 2.24) is 15.0 Å². The number of carbonyl (C=O) groups is 1. The Hall–Kier alpha value is -0.910. The molecule has 0 aliphatic rings. The molecule has 0 atom stereocenters. The quantitative estimate of drug-likeness (QED) is 0.652. The standard InChI is InChI=1S/C3H2BrN3O2/c4-2-1-5-6-7(2)3(8)9/h1H,(H,8,9). The van der Waals surface area contributed by atoms with Crippen LogP contribution in [0, 0.1) is 0 Å². The average Bonchev–Trinajstić information content (AvgIpc) is 2.13. The lowest BCUT2D eigenvalue weighted by molar-refractivity contribution is 0.191. The van der Waals surface area contributed by atoms with Crippen molar-refractivity contribution >= 4 is 22.0 Å². The van der Waals surface area contributed by atoms with Crippen LogP contribution in [0.15, 0.2) is 10.8 Å². The van der Waals surface area contributed by atoms with Gasteiger partial charge in [0.25, 0.3) is 0 Å². The van der Waals surface area contributed by atoms with E-state index in [-0.39, 0.29) is 0 Å². The molecule has 1 rings (SSSR count). The van der Waals surface area contributed by atoms with Gasteiger partial charge in [0.2, 0.25) is 0 Å². The molecule has 48 valence electrons. The van der Waals surface area contributed by atoms with Gasteiger partial charge in [-0.15, -0.1) is 9.78 Å². The van der Waals surface area contributed by atoms with Gasteiger partial charge in [0, 0.05) is 0 Å². The highest BCUT2D eigenvalue weighted by atomic mass is 79.9. The third-order valence-corrected chi connectivity index (χ3v) is 1.23. The van der Waals surface area contributed by atoms with Crippen molar-refractivity contribution < 1.29 is 9.90 Å². The molecule has 0 fully saturated rings. The largest absolute Gasteiger partial charge is 0.463 e. The van der Waals surface area contributed by atoms with Crippen LogP contribution >= 0.6 is 15.9 Å². The van der Waals surface area contributed by atoms with Crippen LogP contribution in [0.3, 0.4) is 0 Å². The Kier molecular flexibility index (Phi) is 1.48. The maximum atomic E-state index is 10.1. The zero-order valence-electron chi connectivity index (χ0n) is 4.15. The summed E-state index contributed by atoms with van der Waals surface area (Å²) in [6, 6.07) is 0. The lowest BCUT2D eigenvalue weighted by Crippen LogP contribution is -2.09. The number of halogens is 1. The molecule has 1 heterocycles. The fraction of sp³-hybridized carbons (Fsp3) is 0. The van der Waals surface area contributed by atoms with E-state index in [9.17, 15) is 4.79 Å². The summed E-state index contributed by atoms with van der Waals surface area (Å²) in [4.78, 5) is 10.1. The van der Waals surface area contributed by atoms with E-state index in [0.717, 1.165) is 4.68 Å². The van der Waals surface area contributed by atoms with Gasteiger partial charge in [0.05, 0.1) is 6.20 Å². The first-order chi connectivity index (χ1) is 4.22. The summed E-state index contributed by atoms with van der Waals surface area (Å²) in [5, 5.41) is 14.8. The van der Waals surface area contributed by atoms with Gasteiger partial charge in [-0.25, -0.2) is 4.79 Å². The number of carboxylic acid groups (broad SMARTS) is 1. The van der Waals surface area contributed by atoms with Crippen LogP contribution in [0.25, 0.3) is 0 Å². The average molecular weight is 192 g/mol. The highest BCUT2D eigenvalue weighted by Crippen LogP contribution is 2.03. The van der Waals surface area contributed by atoms with Crippen LogP contribution in [-0.4, -0.2) is 26.2 Å². The van der Waals surface area contributed by atoms with Crippen molar-refractivity contribution in [2.75, 3.05) is 0 Å². The normalized spacial score (nSPS) is 9.44. The Morgan fingerprint density at radius 1 is 1.89 bits per heavy atom. The van der Waals surface area contributed by atoms with Gasteiger partial charge >= 0.3 is 6.09 Å². The van der Waals surface area contributed by atoms with Crippen molar-refractivity contribution in [1.29, 1.82) is 0 Å². The van der Waals surface area contributed by atoms with Crippen LogP contribution in [0.1, 0.15) is 0 Å². The molecular weight excluding hydrogens is 190 g/mol. The van der Waals surface area contributed by atoms with Gasteiger partial charge in [-0.05, 0) is 15.9 Å². The molecule has 0 aliphatic carbocycles. The number of rotatable bonds is 0. The van der Waals surface area contributed by atoms with Gasteiger partial charge in [0.1, 0.15) is 4.60 Å². The highest BCUT2D eigenvalue weighted by Gasteiger charge is 2.05. The summed E-state index contributed by atoms with van der Waals surface area (Å²) in [6.45, 7) is 0. The van der Waals surface area contributed by atoms with E-state index in [0.29, 0.717) is 4.60 Å². The molecule has 6 heteroatoms. The molecule has 0 aliphatic heterocycles. The minimum atomic E-state index is -1.15. The van der Waals surface area contributed by atoms with E-state index in [1.54, 1.807) is 0 Å². The predicted molar refractivity (Wildman–Crippen MR) is 31.1 cm³/mol. The topological polar surface area (TPSA) is 68.0 Å². The van der Waals surface area contributed by atoms with E-state index < -0.39 is 6.09 Å². The van der Waals surface area contributed by atoms with Crippen LogP contribution in [0.5, 0.6) is 0 Å². The van der Waals surface area contributed by atoms with Gasteiger partial charge in [0.15, 0.2) is 0 Å². The molecule has 1 N–H and O–H groups in total. The lowest BCUT2D eigenvalue weighted by Gasteiger charge is -1.88. The maximum absolute atomic E-state index is 10.1. The molecular formula is C3H2BrN3O2. The molecule has 0 radical (unpaired) electrons. The van der Waals surface area contributed by atoms with Crippen molar-refractivity contribution in [2.24, 2.45) is 0 Å². The fourth-order valence-electron chi connectivity index (χ4n) is 0.352. The van der Waals surface area contributed by atoms with Crippen molar-refractivity contribution in [3.63, 3.8) is 0 Å². The van der Waals surface area contributed by atoms with E-state index in [4.69, 9.17) is 5.11 Å². The molecule has 0 amide bonds. The minimum Gasteiger partial charge on any atom is -0.463 e. The molecule has 0 bridgehead atoms. The molecule has 1 aromatic rings. The fourth-order valence-corrected chi connectivity index (χ4v) is 0.666. The van der Waals surface area contributed by atoms with Crippen molar-refractivity contribution in [2.45, 2.75) is 0 Å². The minimum absolute atomic E-state index is 0.329. The Morgan fingerprint density at radius 2 is 2.56 bits per heavy atom. The maximum Gasteiger partial charge on any atom is 0.434 e. The predicted octanol–water partition coefficient (Wildman–Crippen LogP) is 0.567. The summed E-state index contributed by atoms with van der Waals surface area (Å²) in [5.41, 5.74) is 0. The Morgan fingerprint density at radius 3 is 2.78 bits per heavy atom. The van der Waals surface area contributed by atoms with E-state index >= 15 is 0 Å². The van der Waals surface area contributed by atoms with Crippen LogP contribution in [0.2, 0.25) is 0 Å². The van der Waals surface area contributed by atoms with Gasteiger partial charge in [-0.1, -0.05) is 5.21 Å². The van der Waals surface area contributed by atoms with Gasteiger partial charge in [-0.3, -0.25) is 0 Å². The second kappa shape index (κ2) is 2.14. The number of hydrogen-bond acceptors (Lipinski definition) is 3. The van der Waals surface area contributed by atoms with E-state index in [1.165, 1.54) is 6.20 Å². The van der Waals surface area contributed by atoms with Gasteiger partial charge < -0.3 is 5.11 Å². The first-order valence-corrected chi connectivity index (χ1v) is 2.80. The molecule has 0 unspecified atom stereocenters. The summed E-state index contributed by atoms with van der Waals surface area (Å²) in [7, 11) is 0. The van der Waals surface area contributed by atoms with Crippen LogP contribution in [0.4, 0.5) is 4.79 Å². The van der Waals surface area contributed by atoms with Crippen molar-refractivity contribution in [3.8, 4) is 0 Å². The molecule has 0 saturated carbocycles. The Balaban J connectivity index is 3.08. The Bertz CT molecular complexity index is 233. The molecule has 0 spiro atoms. The zero-order valence-corrected chi connectivity index (χ0v) is 5.74. The number of hydrogen-bond donors (Lipinski definition) is 1. The number of nitrogens with zero attached hydrogens (tertiary/aromatic N) is 3. The second-order valence-electron chi connectivity index (χ2n) is 1.25. The summed E-state index contributed by atoms with van der Waals surface area (Å²) < 4.78 is 1.05. The van der Waals surface area contributed by atoms with E-state index in [1.807, 2.05) is 0 Å². The smallest absolute Gasteiger partial charge is 0.434 e. The Labute approximate surface area is 58.4 Å². The summed E-state index contributed by atoms with van der Waals surface area (Å²) in [5.74, 6) is 0. The first-order valence-electron chi connectivity index (χ1n) is 2.01. The van der Waals surface area contributed by atoms with Gasteiger partial charge in [-0.2, -0.15) is 0 Å². The highest BCUT2D eigenvalue weighted by molar-refractivity contribution is 9.10. The SMILES string of the molecule is O=C(O)n1nncc1Br. The van der Waals surface area contributed by atoms with Crippen molar-refractivity contribution in [3.05, 3.63) is 10.8 Å². The second-order valence-corrected chi connectivity index (χ2v) is 2.06. The summed E-state index contributed by atoms with van der Waals surface area (Å²) in [6.07, 6.45) is 0.146.